The molecule has 0 saturated carbocycles. The average Bonchev–Trinajstić information content (AvgIpc) is 3.39. The first-order valence-electron chi connectivity index (χ1n) is 30.7. The molecular formula is C67H114O6. The molecule has 0 saturated heterocycles. The molecule has 0 aromatic carbocycles. The molecule has 0 unspecified atom stereocenters. The Hall–Kier alpha value is -3.67. The van der Waals surface area contributed by atoms with Crippen molar-refractivity contribution in [3.05, 3.63) is 97.2 Å². The van der Waals surface area contributed by atoms with Crippen LogP contribution in [0.3, 0.4) is 0 Å². The van der Waals surface area contributed by atoms with Gasteiger partial charge in [-0.25, -0.2) is 0 Å². The van der Waals surface area contributed by atoms with E-state index in [2.05, 4.69) is 118 Å². The van der Waals surface area contributed by atoms with Gasteiger partial charge in [-0.05, 0) is 122 Å². The van der Waals surface area contributed by atoms with Crippen molar-refractivity contribution < 1.29 is 28.6 Å². The molecule has 0 fully saturated rings. The number of carbonyl (C=O) groups excluding carboxylic acids is 3. The lowest BCUT2D eigenvalue weighted by atomic mass is 10.1. The second-order valence-electron chi connectivity index (χ2n) is 20.2. The van der Waals surface area contributed by atoms with Crippen molar-refractivity contribution in [2.24, 2.45) is 0 Å². The van der Waals surface area contributed by atoms with Gasteiger partial charge in [0.25, 0.3) is 0 Å². The number of hydrogen-bond acceptors (Lipinski definition) is 6. The quantitative estimate of drug-likeness (QED) is 0.0261. The number of esters is 3. The summed E-state index contributed by atoms with van der Waals surface area (Å²) in [5, 5.41) is 0. The van der Waals surface area contributed by atoms with E-state index >= 15 is 0 Å². The van der Waals surface area contributed by atoms with Crippen LogP contribution in [0.4, 0.5) is 0 Å². The van der Waals surface area contributed by atoms with Crippen molar-refractivity contribution in [2.75, 3.05) is 13.2 Å². The minimum absolute atomic E-state index is 0.102. The van der Waals surface area contributed by atoms with Gasteiger partial charge in [-0.15, -0.1) is 0 Å². The fraction of sp³-hybridized carbons (Fsp3) is 0.716. The molecule has 0 rings (SSSR count). The van der Waals surface area contributed by atoms with Gasteiger partial charge in [0.15, 0.2) is 6.10 Å². The highest BCUT2D eigenvalue weighted by Gasteiger charge is 2.19. The van der Waals surface area contributed by atoms with Gasteiger partial charge in [0.2, 0.25) is 0 Å². The lowest BCUT2D eigenvalue weighted by molar-refractivity contribution is -0.167. The maximum absolute atomic E-state index is 12.9. The third-order valence-electron chi connectivity index (χ3n) is 13.0. The molecular weight excluding hydrogens is 901 g/mol. The van der Waals surface area contributed by atoms with Crippen LogP contribution in [0.5, 0.6) is 0 Å². The monoisotopic (exact) mass is 1010 g/mol. The van der Waals surface area contributed by atoms with Crippen LogP contribution in [0.1, 0.15) is 290 Å². The van der Waals surface area contributed by atoms with E-state index in [1.807, 2.05) is 0 Å². The molecule has 0 spiro atoms. The number of allylic oxidation sites excluding steroid dienone is 16. The highest BCUT2D eigenvalue weighted by atomic mass is 16.6. The Bertz CT molecular complexity index is 1440. The van der Waals surface area contributed by atoms with Gasteiger partial charge in [0.05, 0.1) is 0 Å². The predicted octanol–water partition coefficient (Wildman–Crippen LogP) is 20.9. The Morgan fingerprint density at radius 1 is 0.274 bits per heavy atom. The number of hydrogen-bond donors (Lipinski definition) is 0. The van der Waals surface area contributed by atoms with E-state index in [1.165, 1.54) is 154 Å². The molecule has 0 aliphatic carbocycles. The van der Waals surface area contributed by atoms with E-state index in [4.69, 9.17) is 14.2 Å². The van der Waals surface area contributed by atoms with Crippen molar-refractivity contribution in [3.8, 4) is 0 Å². The van der Waals surface area contributed by atoms with E-state index in [1.54, 1.807) is 0 Å². The SMILES string of the molecule is CCCCC/C=C\C/C=C\C/C=C\C/C=C\CCCC(=O)OC[C@H](COC(=O)CCCCCCCC/C=C\C/C=C\C/C=C\CCCCC)OC(=O)CCCCCCCCCCC/C=C\CCCCCCCC. The van der Waals surface area contributed by atoms with Crippen molar-refractivity contribution in [2.45, 2.75) is 297 Å². The molecule has 0 aromatic heterocycles. The Morgan fingerprint density at radius 2 is 0.507 bits per heavy atom. The highest BCUT2D eigenvalue weighted by Crippen LogP contribution is 2.15. The van der Waals surface area contributed by atoms with Crippen molar-refractivity contribution in [1.82, 2.24) is 0 Å². The molecule has 1 atom stereocenters. The number of ether oxygens (including phenoxy) is 3. The van der Waals surface area contributed by atoms with E-state index < -0.39 is 6.10 Å². The summed E-state index contributed by atoms with van der Waals surface area (Å²) in [6.07, 6.45) is 81.2. The summed E-state index contributed by atoms with van der Waals surface area (Å²) in [7, 11) is 0. The standard InChI is InChI=1S/C67H114O6/c1-4-7-10-13-16-19-22-25-28-31-33-36-39-42-45-48-51-54-57-60-66(69)72-63-64(62-71-65(68)59-56-53-50-47-44-41-38-35-30-27-24-21-18-15-12-9-6-3)73-67(70)61-58-55-52-49-46-43-40-37-34-32-29-26-23-20-17-14-11-8-5-2/h16,18-19,21,25-30,33,36,38,41,47,50,64H,4-15,17,20,22-24,31-32,34-35,37,39-40,42-46,48-49,51-63H2,1-3H3/b19-16-,21-18-,28-25-,29-26-,30-27-,36-33-,41-38-,50-47-/t64-/m1/s1. The molecule has 6 heteroatoms. The molecule has 0 bridgehead atoms. The summed E-state index contributed by atoms with van der Waals surface area (Å²) in [4.78, 5) is 38.3. The Balaban J connectivity index is 4.48. The van der Waals surface area contributed by atoms with Crippen LogP contribution in [0, 0.1) is 0 Å². The molecule has 418 valence electrons. The van der Waals surface area contributed by atoms with Gasteiger partial charge < -0.3 is 14.2 Å². The van der Waals surface area contributed by atoms with Crippen molar-refractivity contribution >= 4 is 17.9 Å². The van der Waals surface area contributed by atoms with Crippen LogP contribution < -0.4 is 0 Å². The molecule has 0 heterocycles. The smallest absolute Gasteiger partial charge is 0.306 e. The second kappa shape index (κ2) is 60.9. The van der Waals surface area contributed by atoms with Crippen LogP contribution in [0.25, 0.3) is 0 Å². The normalized spacial score (nSPS) is 12.8. The molecule has 0 radical (unpaired) electrons. The molecule has 73 heavy (non-hydrogen) atoms. The van der Waals surface area contributed by atoms with E-state index in [0.29, 0.717) is 19.3 Å². The van der Waals surface area contributed by atoms with Crippen LogP contribution in [-0.4, -0.2) is 37.2 Å². The fourth-order valence-corrected chi connectivity index (χ4v) is 8.38. The molecule has 0 aliphatic rings. The first kappa shape index (κ1) is 69.3. The average molecular weight is 1020 g/mol. The van der Waals surface area contributed by atoms with Crippen molar-refractivity contribution in [1.29, 1.82) is 0 Å². The van der Waals surface area contributed by atoms with Gasteiger partial charge in [-0.1, -0.05) is 246 Å². The van der Waals surface area contributed by atoms with E-state index in [-0.39, 0.29) is 37.5 Å². The third-order valence-corrected chi connectivity index (χ3v) is 13.0. The second-order valence-corrected chi connectivity index (χ2v) is 20.2. The zero-order chi connectivity index (χ0) is 52.9. The molecule has 6 nitrogen and oxygen atoms in total. The first-order valence-corrected chi connectivity index (χ1v) is 30.7. The van der Waals surface area contributed by atoms with Crippen LogP contribution in [0.2, 0.25) is 0 Å². The lowest BCUT2D eigenvalue weighted by Gasteiger charge is -2.18. The Labute approximate surface area is 451 Å². The molecule has 0 amide bonds. The van der Waals surface area contributed by atoms with Gasteiger partial charge >= 0.3 is 17.9 Å². The van der Waals surface area contributed by atoms with Crippen molar-refractivity contribution in [3.63, 3.8) is 0 Å². The van der Waals surface area contributed by atoms with Gasteiger partial charge in [0, 0.05) is 19.3 Å². The molecule has 0 aromatic rings. The predicted molar refractivity (Wildman–Crippen MR) is 316 cm³/mol. The topological polar surface area (TPSA) is 78.9 Å². The highest BCUT2D eigenvalue weighted by molar-refractivity contribution is 5.71. The number of carbonyl (C=O) groups is 3. The summed E-state index contributed by atoms with van der Waals surface area (Å²) in [6.45, 7) is 6.54. The van der Waals surface area contributed by atoms with E-state index in [0.717, 1.165) is 89.9 Å². The van der Waals surface area contributed by atoms with Crippen LogP contribution in [-0.2, 0) is 28.6 Å². The zero-order valence-electron chi connectivity index (χ0n) is 47.9. The molecule has 0 N–H and O–H groups in total. The summed E-state index contributed by atoms with van der Waals surface area (Å²) in [5.41, 5.74) is 0. The Kier molecular flexibility index (Phi) is 57.8. The van der Waals surface area contributed by atoms with Gasteiger partial charge in [-0.3, -0.25) is 14.4 Å². The van der Waals surface area contributed by atoms with Gasteiger partial charge in [0.1, 0.15) is 13.2 Å². The third kappa shape index (κ3) is 59.1. The molecule has 0 aliphatic heterocycles. The maximum Gasteiger partial charge on any atom is 0.306 e. The zero-order valence-corrected chi connectivity index (χ0v) is 47.9. The van der Waals surface area contributed by atoms with Crippen LogP contribution in [0.15, 0.2) is 97.2 Å². The summed E-state index contributed by atoms with van der Waals surface area (Å²) >= 11 is 0. The van der Waals surface area contributed by atoms with E-state index in [9.17, 15) is 14.4 Å². The summed E-state index contributed by atoms with van der Waals surface area (Å²) < 4.78 is 16.9. The minimum Gasteiger partial charge on any atom is -0.462 e. The van der Waals surface area contributed by atoms with Crippen LogP contribution >= 0.6 is 0 Å². The fourth-order valence-electron chi connectivity index (χ4n) is 8.38. The summed E-state index contributed by atoms with van der Waals surface area (Å²) in [5.74, 6) is -0.967. The first-order chi connectivity index (χ1) is 36.0. The maximum atomic E-state index is 12.9. The largest absolute Gasteiger partial charge is 0.462 e. The minimum atomic E-state index is -0.808. The number of rotatable bonds is 55. The lowest BCUT2D eigenvalue weighted by Crippen LogP contribution is -2.30. The number of unbranched alkanes of at least 4 members (excludes halogenated alkanes) is 28. The van der Waals surface area contributed by atoms with Gasteiger partial charge in [-0.2, -0.15) is 0 Å². The summed E-state index contributed by atoms with van der Waals surface area (Å²) in [6, 6.07) is 0. The Morgan fingerprint density at radius 3 is 0.863 bits per heavy atom.